The molecule has 1 aliphatic heterocycles. The minimum absolute atomic E-state index is 0.0915. The normalized spacial score (nSPS) is 17.0. The van der Waals surface area contributed by atoms with Gasteiger partial charge in [0.1, 0.15) is 6.04 Å². The van der Waals surface area contributed by atoms with Crippen LogP contribution in [-0.4, -0.2) is 47.7 Å². The lowest BCUT2D eigenvalue weighted by Crippen LogP contribution is -2.37. The first-order valence-electron chi connectivity index (χ1n) is 9.81. The lowest BCUT2D eigenvalue weighted by molar-refractivity contribution is -0.130. The number of carbonyl (C=O) groups excluding carboxylic acids is 1. The molecule has 0 N–H and O–H groups in total. The number of tetrazole rings is 1. The maximum atomic E-state index is 13.0. The van der Waals surface area contributed by atoms with Crippen molar-refractivity contribution in [3.05, 3.63) is 58.0 Å². The molecular weight excluding hydrogens is 406 g/mol. The summed E-state index contributed by atoms with van der Waals surface area (Å²) in [5.41, 5.74) is 1.76. The van der Waals surface area contributed by atoms with E-state index in [-0.39, 0.29) is 11.9 Å². The van der Waals surface area contributed by atoms with Gasteiger partial charge in [-0.25, -0.2) is 0 Å². The van der Waals surface area contributed by atoms with E-state index in [1.165, 1.54) is 4.80 Å². The van der Waals surface area contributed by atoms with E-state index in [0.29, 0.717) is 35.7 Å². The molecule has 0 radical (unpaired) electrons. The number of carbonyl (C=O) groups is 1. The van der Waals surface area contributed by atoms with Crippen molar-refractivity contribution in [3.8, 4) is 0 Å². The molecule has 0 spiro atoms. The predicted molar refractivity (Wildman–Crippen MR) is 109 cm³/mol. The van der Waals surface area contributed by atoms with Gasteiger partial charge in [0.25, 0.3) is 0 Å². The fraction of sp³-hybridized carbons (Fsp3) is 0.400. The third-order valence-corrected chi connectivity index (χ3v) is 5.22. The highest BCUT2D eigenvalue weighted by Crippen LogP contribution is 2.30. The quantitative estimate of drug-likeness (QED) is 0.576. The molecule has 1 aliphatic rings. The first kappa shape index (κ1) is 20.2. The van der Waals surface area contributed by atoms with E-state index in [2.05, 4.69) is 25.6 Å². The lowest BCUT2D eigenvalue weighted by Gasteiger charge is -2.32. The first-order chi connectivity index (χ1) is 14.5. The van der Waals surface area contributed by atoms with Crippen molar-refractivity contribution in [1.29, 1.82) is 0 Å². The van der Waals surface area contributed by atoms with Crippen LogP contribution in [-0.2, 0) is 11.3 Å². The minimum Gasteiger partial charge on any atom is -0.337 e. The Morgan fingerprint density at radius 2 is 2.17 bits per heavy atom. The van der Waals surface area contributed by atoms with Crippen molar-refractivity contribution in [2.45, 2.75) is 45.7 Å². The molecule has 0 unspecified atom stereocenters. The highest BCUT2D eigenvalue weighted by Gasteiger charge is 2.30. The largest absolute Gasteiger partial charge is 0.337 e. The SMILES string of the molecule is Cc1noc([C@H]2CCCCN2C(=O)/C=C/c2ccc(Cl)cc2Cn2nnc(C)n2)n1. The third-order valence-electron chi connectivity index (χ3n) is 4.99. The standard InChI is InChI=1S/C20H22ClN7O2/c1-13-22-20(30-25-13)18-5-3-4-10-27(18)19(29)9-7-15-6-8-17(21)11-16(15)12-28-24-14(2)23-26-28/h6-9,11,18H,3-5,10,12H2,1-2H3/b9-7+/t18-/m1/s1. The summed E-state index contributed by atoms with van der Waals surface area (Å²) >= 11 is 6.17. The van der Waals surface area contributed by atoms with Gasteiger partial charge in [-0.15, -0.1) is 10.2 Å². The van der Waals surface area contributed by atoms with Gasteiger partial charge in [0.15, 0.2) is 11.6 Å². The molecule has 3 aromatic rings. The molecule has 0 saturated carbocycles. The molecule has 1 saturated heterocycles. The number of aryl methyl sites for hydroxylation is 2. The summed E-state index contributed by atoms with van der Waals surface area (Å²) in [5, 5.41) is 16.6. The maximum Gasteiger partial charge on any atom is 0.249 e. The van der Waals surface area contributed by atoms with Crippen LogP contribution in [0.15, 0.2) is 28.8 Å². The fourth-order valence-electron chi connectivity index (χ4n) is 3.57. The molecule has 1 fully saturated rings. The highest BCUT2D eigenvalue weighted by atomic mass is 35.5. The Labute approximate surface area is 178 Å². The Bertz CT molecular complexity index is 1070. The number of amides is 1. The predicted octanol–water partition coefficient (Wildman–Crippen LogP) is 3.14. The van der Waals surface area contributed by atoms with Crippen molar-refractivity contribution in [2.75, 3.05) is 6.54 Å². The molecule has 4 rings (SSSR count). The Morgan fingerprint density at radius 1 is 1.30 bits per heavy atom. The van der Waals surface area contributed by atoms with Crippen molar-refractivity contribution in [1.82, 2.24) is 35.2 Å². The summed E-state index contributed by atoms with van der Waals surface area (Å²) in [4.78, 5) is 20.6. The van der Waals surface area contributed by atoms with Gasteiger partial charge in [0.2, 0.25) is 11.8 Å². The van der Waals surface area contributed by atoms with Gasteiger partial charge in [0, 0.05) is 17.6 Å². The van der Waals surface area contributed by atoms with Crippen LogP contribution < -0.4 is 0 Å². The minimum atomic E-state index is -0.191. The number of nitrogens with zero attached hydrogens (tertiary/aromatic N) is 7. The van der Waals surface area contributed by atoms with Gasteiger partial charge < -0.3 is 9.42 Å². The highest BCUT2D eigenvalue weighted by molar-refractivity contribution is 6.30. The summed E-state index contributed by atoms with van der Waals surface area (Å²) in [7, 11) is 0. The molecule has 30 heavy (non-hydrogen) atoms. The molecule has 0 bridgehead atoms. The van der Waals surface area contributed by atoms with E-state index in [9.17, 15) is 4.79 Å². The number of aromatic nitrogens is 6. The summed E-state index contributed by atoms with van der Waals surface area (Å²) in [6, 6.07) is 5.32. The average molecular weight is 428 g/mol. The number of piperidine rings is 1. The van der Waals surface area contributed by atoms with E-state index in [4.69, 9.17) is 16.1 Å². The molecule has 156 valence electrons. The van der Waals surface area contributed by atoms with Gasteiger partial charge in [-0.1, -0.05) is 22.8 Å². The van der Waals surface area contributed by atoms with Gasteiger partial charge >= 0.3 is 0 Å². The average Bonchev–Trinajstić information content (AvgIpc) is 3.35. The van der Waals surface area contributed by atoms with E-state index in [0.717, 1.165) is 30.4 Å². The van der Waals surface area contributed by atoms with Crippen molar-refractivity contribution in [3.63, 3.8) is 0 Å². The number of benzene rings is 1. The van der Waals surface area contributed by atoms with Crippen molar-refractivity contribution < 1.29 is 9.32 Å². The van der Waals surface area contributed by atoms with Gasteiger partial charge in [0.05, 0.1) is 6.54 Å². The molecule has 0 aliphatic carbocycles. The summed E-state index contributed by atoms with van der Waals surface area (Å²) in [6.45, 7) is 4.62. The second kappa shape index (κ2) is 8.74. The molecule has 1 amide bonds. The topological polar surface area (TPSA) is 103 Å². The fourth-order valence-corrected chi connectivity index (χ4v) is 3.77. The second-order valence-electron chi connectivity index (χ2n) is 7.27. The first-order valence-corrected chi connectivity index (χ1v) is 10.2. The van der Waals surface area contributed by atoms with Gasteiger partial charge in [-0.3, -0.25) is 4.79 Å². The Balaban J connectivity index is 1.54. The number of hydrogen-bond donors (Lipinski definition) is 0. The maximum absolute atomic E-state index is 13.0. The van der Waals surface area contributed by atoms with E-state index >= 15 is 0 Å². The van der Waals surface area contributed by atoms with Crippen LogP contribution in [0.3, 0.4) is 0 Å². The molecule has 2 aromatic heterocycles. The van der Waals surface area contributed by atoms with E-state index in [1.54, 1.807) is 37.0 Å². The van der Waals surface area contributed by atoms with Crippen LogP contribution in [0.25, 0.3) is 6.08 Å². The van der Waals surface area contributed by atoms with Gasteiger partial charge in [-0.2, -0.15) is 9.78 Å². The summed E-state index contributed by atoms with van der Waals surface area (Å²) in [5.74, 6) is 1.57. The Hall–Kier alpha value is -3.07. The third kappa shape index (κ3) is 4.56. The molecule has 1 atom stereocenters. The zero-order valence-corrected chi connectivity index (χ0v) is 17.6. The van der Waals surface area contributed by atoms with E-state index in [1.807, 2.05) is 12.1 Å². The molecular formula is C20H22ClN7O2. The smallest absolute Gasteiger partial charge is 0.249 e. The molecule has 3 heterocycles. The van der Waals surface area contributed by atoms with Crippen LogP contribution >= 0.6 is 11.6 Å². The van der Waals surface area contributed by atoms with Crippen molar-refractivity contribution in [2.24, 2.45) is 0 Å². The molecule has 9 nitrogen and oxygen atoms in total. The van der Waals surface area contributed by atoms with Crippen molar-refractivity contribution >= 4 is 23.6 Å². The Kier molecular flexibility index (Phi) is 5.89. The van der Waals surface area contributed by atoms with Crippen LogP contribution in [0.2, 0.25) is 5.02 Å². The van der Waals surface area contributed by atoms with Crippen LogP contribution in [0.5, 0.6) is 0 Å². The number of hydrogen-bond acceptors (Lipinski definition) is 7. The summed E-state index contributed by atoms with van der Waals surface area (Å²) < 4.78 is 5.33. The molecule has 1 aromatic carbocycles. The van der Waals surface area contributed by atoms with E-state index < -0.39 is 0 Å². The monoisotopic (exact) mass is 427 g/mol. The van der Waals surface area contributed by atoms with Crippen LogP contribution in [0, 0.1) is 13.8 Å². The zero-order chi connectivity index (χ0) is 21.1. The summed E-state index contributed by atoms with van der Waals surface area (Å²) in [6.07, 6.45) is 6.15. The zero-order valence-electron chi connectivity index (χ0n) is 16.8. The number of likely N-dealkylation sites (tertiary alicyclic amines) is 1. The Morgan fingerprint density at radius 3 is 2.90 bits per heavy atom. The van der Waals surface area contributed by atoms with Gasteiger partial charge in [-0.05, 0) is 67.7 Å². The number of halogens is 1. The van der Waals surface area contributed by atoms with Crippen LogP contribution in [0.1, 0.15) is 54.0 Å². The lowest BCUT2D eigenvalue weighted by atomic mass is 10.0. The molecule has 10 heteroatoms. The number of rotatable bonds is 5. The second-order valence-corrected chi connectivity index (χ2v) is 7.70. The van der Waals surface area contributed by atoms with Crippen LogP contribution in [0.4, 0.5) is 0 Å².